The van der Waals surface area contributed by atoms with Gasteiger partial charge in [0, 0.05) is 23.5 Å². The second-order valence-corrected chi connectivity index (χ2v) is 6.02. The minimum atomic E-state index is -0.995. The quantitative estimate of drug-likeness (QED) is 0.844. The summed E-state index contributed by atoms with van der Waals surface area (Å²) in [5.74, 6) is -1.03. The zero-order valence-electron chi connectivity index (χ0n) is 11.6. The Morgan fingerprint density at radius 2 is 2.05 bits per heavy atom. The van der Waals surface area contributed by atoms with Crippen molar-refractivity contribution in [2.45, 2.75) is 32.7 Å². The van der Waals surface area contributed by atoms with Gasteiger partial charge in [0.05, 0.1) is 4.88 Å². The molecule has 104 valence electrons. The third-order valence-corrected chi connectivity index (χ3v) is 4.34. The van der Waals surface area contributed by atoms with E-state index in [1.165, 1.54) is 17.4 Å². The van der Waals surface area contributed by atoms with E-state index in [-0.39, 0.29) is 11.4 Å². The Morgan fingerprint density at radius 3 is 2.58 bits per heavy atom. The van der Waals surface area contributed by atoms with Gasteiger partial charge in [-0.2, -0.15) is 0 Å². The number of carboxylic acids is 1. The SMILES string of the molecule is CCC(C)(C)N(C)C(=O)c1ccc(C=CC(=O)O)s1. The first-order chi connectivity index (χ1) is 8.77. The Hall–Kier alpha value is -1.62. The van der Waals surface area contributed by atoms with Gasteiger partial charge >= 0.3 is 5.97 Å². The van der Waals surface area contributed by atoms with E-state index in [0.29, 0.717) is 4.88 Å². The minimum Gasteiger partial charge on any atom is -0.478 e. The number of nitrogens with zero attached hydrogens (tertiary/aromatic N) is 1. The van der Waals surface area contributed by atoms with Crippen LogP contribution in [-0.2, 0) is 4.79 Å². The van der Waals surface area contributed by atoms with Crippen LogP contribution in [0.3, 0.4) is 0 Å². The minimum absolute atomic E-state index is 0.0353. The Balaban J connectivity index is 2.87. The monoisotopic (exact) mass is 281 g/mol. The van der Waals surface area contributed by atoms with E-state index >= 15 is 0 Å². The van der Waals surface area contributed by atoms with Gasteiger partial charge in [-0.25, -0.2) is 4.79 Å². The third-order valence-electron chi connectivity index (χ3n) is 3.31. The van der Waals surface area contributed by atoms with Crippen molar-refractivity contribution in [3.8, 4) is 0 Å². The van der Waals surface area contributed by atoms with Crippen molar-refractivity contribution >= 4 is 29.3 Å². The highest BCUT2D eigenvalue weighted by molar-refractivity contribution is 7.14. The summed E-state index contributed by atoms with van der Waals surface area (Å²) in [7, 11) is 1.79. The molecule has 0 saturated heterocycles. The van der Waals surface area contributed by atoms with Crippen LogP contribution in [0.25, 0.3) is 6.08 Å². The van der Waals surface area contributed by atoms with E-state index in [1.54, 1.807) is 24.1 Å². The second-order valence-electron chi connectivity index (χ2n) is 4.90. The van der Waals surface area contributed by atoms with Gasteiger partial charge in [-0.1, -0.05) is 6.92 Å². The number of carbonyl (C=O) groups excluding carboxylic acids is 1. The molecule has 4 nitrogen and oxygen atoms in total. The lowest BCUT2D eigenvalue weighted by Gasteiger charge is -2.34. The van der Waals surface area contributed by atoms with Gasteiger partial charge in [0.15, 0.2) is 0 Å². The summed E-state index contributed by atoms with van der Waals surface area (Å²) >= 11 is 1.30. The predicted octanol–water partition coefficient (Wildman–Crippen LogP) is 3.11. The number of hydrogen-bond acceptors (Lipinski definition) is 3. The fourth-order valence-corrected chi connectivity index (χ4v) is 2.27. The first-order valence-corrected chi connectivity index (χ1v) is 6.88. The van der Waals surface area contributed by atoms with Crippen molar-refractivity contribution in [1.29, 1.82) is 0 Å². The molecule has 1 heterocycles. The van der Waals surface area contributed by atoms with Crippen molar-refractivity contribution in [3.05, 3.63) is 28.0 Å². The normalized spacial score (nSPS) is 11.8. The summed E-state index contributed by atoms with van der Waals surface area (Å²) < 4.78 is 0. The molecule has 1 amide bonds. The molecule has 0 saturated carbocycles. The van der Waals surface area contributed by atoms with Gasteiger partial charge in [-0.3, -0.25) is 4.79 Å². The molecule has 19 heavy (non-hydrogen) atoms. The molecular weight excluding hydrogens is 262 g/mol. The molecule has 0 unspecified atom stereocenters. The smallest absolute Gasteiger partial charge is 0.328 e. The van der Waals surface area contributed by atoms with Crippen molar-refractivity contribution < 1.29 is 14.7 Å². The number of carboxylic acid groups (broad SMARTS) is 1. The molecule has 0 aromatic carbocycles. The van der Waals surface area contributed by atoms with Crippen LogP contribution in [0.15, 0.2) is 18.2 Å². The Morgan fingerprint density at radius 1 is 1.42 bits per heavy atom. The first kappa shape index (κ1) is 15.4. The Kier molecular flexibility index (Phi) is 4.89. The topological polar surface area (TPSA) is 57.6 Å². The molecule has 1 aromatic rings. The van der Waals surface area contributed by atoms with E-state index in [2.05, 4.69) is 0 Å². The molecule has 1 aromatic heterocycles. The lowest BCUT2D eigenvalue weighted by atomic mass is 10.00. The van der Waals surface area contributed by atoms with Crippen LogP contribution in [0, 0.1) is 0 Å². The molecule has 5 heteroatoms. The molecule has 0 spiro atoms. The highest BCUT2D eigenvalue weighted by atomic mass is 32.1. The van der Waals surface area contributed by atoms with Gasteiger partial charge in [0.25, 0.3) is 5.91 Å². The lowest BCUT2D eigenvalue weighted by molar-refractivity contribution is -0.131. The molecule has 0 radical (unpaired) electrons. The predicted molar refractivity (Wildman–Crippen MR) is 77.5 cm³/mol. The first-order valence-electron chi connectivity index (χ1n) is 6.07. The Labute approximate surface area is 117 Å². The molecule has 1 N–H and O–H groups in total. The standard InChI is InChI=1S/C14H19NO3S/c1-5-14(2,3)15(4)13(18)11-8-6-10(19-11)7-9-12(16)17/h6-9H,5H2,1-4H3,(H,16,17). The maximum atomic E-state index is 12.3. The van der Waals surface area contributed by atoms with Crippen LogP contribution in [0.5, 0.6) is 0 Å². The molecule has 0 aliphatic heterocycles. The van der Waals surface area contributed by atoms with Crippen molar-refractivity contribution in [2.24, 2.45) is 0 Å². The summed E-state index contributed by atoms with van der Waals surface area (Å²) in [6, 6.07) is 3.49. The number of hydrogen-bond donors (Lipinski definition) is 1. The summed E-state index contributed by atoms with van der Waals surface area (Å²) in [5.41, 5.74) is -0.196. The summed E-state index contributed by atoms with van der Waals surface area (Å²) in [6.45, 7) is 6.08. The van der Waals surface area contributed by atoms with E-state index in [1.807, 2.05) is 20.8 Å². The molecule has 0 bridgehead atoms. The summed E-state index contributed by atoms with van der Waals surface area (Å²) in [4.78, 5) is 25.8. The molecule has 0 fully saturated rings. The third kappa shape index (κ3) is 3.92. The van der Waals surface area contributed by atoms with Crippen molar-refractivity contribution in [2.75, 3.05) is 7.05 Å². The Bertz CT molecular complexity index is 503. The number of carbonyl (C=O) groups is 2. The fraction of sp³-hybridized carbons (Fsp3) is 0.429. The largest absolute Gasteiger partial charge is 0.478 e. The highest BCUT2D eigenvalue weighted by Gasteiger charge is 2.27. The van der Waals surface area contributed by atoms with Gasteiger partial charge in [0.2, 0.25) is 0 Å². The van der Waals surface area contributed by atoms with Gasteiger partial charge in [-0.15, -0.1) is 11.3 Å². The average Bonchev–Trinajstić information content (AvgIpc) is 2.83. The fourth-order valence-electron chi connectivity index (χ4n) is 1.39. The lowest BCUT2D eigenvalue weighted by Crippen LogP contribution is -2.44. The summed E-state index contributed by atoms with van der Waals surface area (Å²) in [5, 5.41) is 8.56. The second kappa shape index (κ2) is 6.02. The number of rotatable bonds is 5. The summed E-state index contributed by atoms with van der Waals surface area (Å²) in [6.07, 6.45) is 3.43. The maximum Gasteiger partial charge on any atom is 0.328 e. The van der Waals surface area contributed by atoms with Crippen LogP contribution >= 0.6 is 11.3 Å². The number of thiophene rings is 1. The number of amides is 1. The van der Waals surface area contributed by atoms with Crippen molar-refractivity contribution in [3.63, 3.8) is 0 Å². The van der Waals surface area contributed by atoms with Crippen molar-refractivity contribution in [1.82, 2.24) is 4.90 Å². The van der Waals surface area contributed by atoms with Gasteiger partial charge in [0.1, 0.15) is 0 Å². The van der Waals surface area contributed by atoms with Crippen LogP contribution in [0.2, 0.25) is 0 Å². The highest BCUT2D eigenvalue weighted by Crippen LogP contribution is 2.24. The van der Waals surface area contributed by atoms with E-state index in [0.717, 1.165) is 17.4 Å². The van der Waals surface area contributed by atoms with Crippen LogP contribution < -0.4 is 0 Å². The maximum absolute atomic E-state index is 12.3. The van der Waals surface area contributed by atoms with Gasteiger partial charge in [-0.05, 0) is 38.5 Å². The van der Waals surface area contributed by atoms with E-state index in [4.69, 9.17) is 5.11 Å². The molecule has 0 atom stereocenters. The zero-order chi connectivity index (χ0) is 14.6. The molecule has 0 aliphatic carbocycles. The van der Waals surface area contributed by atoms with E-state index < -0.39 is 5.97 Å². The van der Waals surface area contributed by atoms with Crippen LogP contribution in [0.4, 0.5) is 0 Å². The van der Waals surface area contributed by atoms with Crippen LogP contribution in [-0.4, -0.2) is 34.5 Å². The van der Waals surface area contributed by atoms with Gasteiger partial charge < -0.3 is 10.0 Å². The molecular formula is C14H19NO3S. The average molecular weight is 281 g/mol. The number of aliphatic carboxylic acids is 1. The molecule has 0 aliphatic rings. The zero-order valence-corrected chi connectivity index (χ0v) is 12.5. The van der Waals surface area contributed by atoms with Crippen LogP contribution in [0.1, 0.15) is 41.7 Å². The van der Waals surface area contributed by atoms with E-state index in [9.17, 15) is 9.59 Å². The molecule has 1 rings (SSSR count).